The van der Waals surface area contributed by atoms with Crippen LogP contribution < -0.4 is 14.8 Å². The van der Waals surface area contributed by atoms with Gasteiger partial charge in [-0.05, 0) is 37.6 Å². The summed E-state index contributed by atoms with van der Waals surface area (Å²) < 4.78 is 10.5. The van der Waals surface area contributed by atoms with Gasteiger partial charge in [0, 0.05) is 13.0 Å². The third kappa shape index (κ3) is 4.68. The van der Waals surface area contributed by atoms with Crippen molar-refractivity contribution in [2.24, 2.45) is 0 Å². The first kappa shape index (κ1) is 14.4. The average molecular weight is 247 g/mol. The molecule has 0 aliphatic carbocycles. The summed E-state index contributed by atoms with van der Waals surface area (Å²) in [6.07, 6.45) is 1.88. The lowest BCUT2D eigenvalue weighted by atomic mass is 10.1. The van der Waals surface area contributed by atoms with E-state index in [9.17, 15) is 0 Å². The van der Waals surface area contributed by atoms with Crippen molar-refractivity contribution < 1.29 is 9.47 Å². The Morgan fingerprint density at radius 2 is 1.89 bits per heavy atom. The molecule has 0 unspecified atom stereocenters. The van der Waals surface area contributed by atoms with Crippen molar-refractivity contribution in [3.8, 4) is 23.3 Å². The van der Waals surface area contributed by atoms with Crippen molar-refractivity contribution in [2.75, 3.05) is 27.3 Å². The molecule has 0 saturated heterocycles. The molecule has 98 valence electrons. The lowest BCUT2D eigenvalue weighted by Gasteiger charge is -2.09. The first-order valence-electron chi connectivity index (χ1n) is 6.13. The predicted molar refractivity (Wildman–Crippen MR) is 74.2 cm³/mol. The van der Waals surface area contributed by atoms with Crippen LogP contribution in [0.1, 0.15) is 18.9 Å². The summed E-state index contributed by atoms with van der Waals surface area (Å²) in [6, 6.07) is 6.03. The van der Waals surface area contributed by atoms with Crippen molar-refractivity contribution in [1.29, 1.82) is 0 Å². The second-order valence-corrected chi connectivity index (χ2v) is 3.87. The van der Waals surface area contributed by atoms with Crippen molar-refractivity contribution in [3.63, 3.8) is 0 Å². The molecule has 0 aliphatic heterocycles. The molecule has 0 amide bonds. The van der Waals surface area contributed by atoms with Crippen LogP contribution >= 0.6 is 0 Å². The van der Waals surface area contributed by atoms with E-state index < -0.39 is 0 Å². The van der Waals surface area contributed by atoms with Crippen LogP contribution in [0, 0.1) is 11.8 Å². The maximum Gasteiger partial charge on any atom is 0.160 e. The van der Waals surface area contributed by atoms with E-state index in [1.165, 1.54) is 5.56 Å². The third-order valence-electron chi connectivity index (χ3n) is 2.64. The molecule has 0 bridgehead atoms. The molecular formula is C15H21NO2. The summed E-state index contributed by atoms with van der Waals surface area (Å²) in [5, 5.41) is 3.36. The van der Waals surface area contributed by atoms with E-state index >= 15 is 0 Å². The number of hydrogen-bond donors (Lipinski definition) is 1. The van der Waals surface area contributed by atoms with Crippen LogP contribution in [0.3, 0.4) is 0 Å². The van der Waals surface area contributed by atoms with E-state index in [0.29, 0.717) is 0 Å². The monoisotopic (exact) mass is 247 g/mol. The summed E-state index contributed by atoms with van der Waals surface area (Å²) in [5.74, 6) is 7.47. The van der Waals surface area contributed by atoms with Crippen LogP contribution in [0.25, 0.3) is 0 Å². The highest BCUT2D eigenvalue weighted by atomic mass is 16.5. The maximum atomic E-state index is 5.27. The molecule has 1 aromatic carbocycles. The fraction of sp³-hybridized carbons (Fsp3) is 0.467. The number of hydrogen-bond acceptors (Lipinski definition) is 3. The van der Waals surface area contributed by atoms with E-state index in [1.54, 1.807) is 14.2 Å². The number of ether oxygens (including phenoxy) is 2. The van der Waals surface area contributed by atoms with Crippen LogP contribution in [0.4, 0.5) is 0 Å². The van der Waals surface area contributed by atoms with Gasteiger partial charge in [0.1, 0.15) is 0 Å². The fourth-order valence-electron chi connectivity index (χ4n) is 1.67. The van der Waals surface area contributed by atoms with Crippen LogP contribution in [0.15, 0.2) is 18.2 Å². The SMILES string of the molecule is CC#CCCNCCc1ccc(OC)c(OC)c1. The minimum atomic E-state index is 0.771. The molecule has 0 radical (unpaired) electrons. The van der Waals surface area contributed by atoms with Gasteiger partial charge in [0.2, 0.25) is 0 Å². The molecule has 3 nitrogen and oxygen atoms in total. The summed E-state index contributed by atoms with van der Waals surface area (Å²) in [7, 11) is 3.30. The van der Waals surface area contributed by atoms with Gasteiger partial charge in [-0.3, -0.25) is 0 Å². The highest BCUT2D eigenvalue weighted by Gasteiger charge is 2.03. The second kappa shape index (κ2) is 8.43. The second-order valence-electron chi connectivity index (χ2n) is 3.87. The van der Waals surface area contributed by atoms with Gasteiger partial charge in [0.25, 0.3) is 0 Å². The summed E-state index contributed by atoms with van der Waals surface area (Å²) in [4.78, 5) is 0. The summed E-state index contributed by atoms with van der Waals surface area (Å²) >= 11 is 0. The Bertz CT molecular complexity index is 418. The standard InChI is InChI=1S/C15H21NO2/c1-4-5-6-10-16-11-9-13-7-8-14(17-2)15(12-13)18-3/h7-8,12,16H,6,9-11H2,1-3H3. The Morgan fingerprint density at radius 3 is 2.56 bits per heavy atom. The molecule has 18 heavy (non-hydrogen) atoms. The van der Waals surface area contributed by atoms with Gasteiger partial charge in [-0.1, -0.05) is 6.07 Å². The molecule has 1 aromatic rings. The molecule has 0 aromatic heterocycles. The number of rotatable bonds is 7. The number of methoxy groups -OCH3 is 2. The minimum Gasteiger partial charge on any atom is -0.493 e. The third-order valence-corrected chi connectivity index (χ3v) is 2.64. The zero-order chi connectivity index (χ0) is 13.2. The smallest absolute Gasteiger partial charge is 0.160 e. The van der Waals surface area contributed by atoms with Gasteiger partial charge in [-0.25, -0.2) is 0 Å². The van der Waals surface area contributed by atoms with Gasteiger partial charge in [-0.2, -0.15) is 0 Å². The minimum absolute atomic E-state index is 0.771. The first-order chi connectivity index (χ1) is 8.81. The zero-order valence-electron chi connectivity index (χ0n) is 11.4. The van der Waals surface area contributed by atoms with Crippen molar-refractivity contribution in [1.82, 2.24) is 5.32 Å². The molecule has 0 spiro atoms. The topological polar surface area (TPSA) is 30.5 Å². The zero-order valence-corrected chi connectivity index (χ0v) is 11.4. The molecule has 1 rings (SSSR count). The Kier molecular flexibility index (Phi) is 6.75. The molecule has 0 fully saturated rings. The molecule has 0 atom stereocenters. The van der Waals surface area contributed by atoms with Gasteiger partial charge in [-0.15, -0.1) is 11.8 Å². The highest BCUT2D eigenvalue weighted by Crippen LogP contribution is 2.27. The number of nitrogens with one attached hydrogen (secondary N) is 1. The fourth-order valence-corrected chi connectivity index (χ4v) is 1.67. The van der Waals surface area contributed by atoms with Gasteiger partial charge >= 0.3 is 0 Å². The quantitative estimate of drug-likeness (QED) is 0.592. The summed E-state index contributed by atoms with van der Waals surface area (Å²) in [5.41, 5.74) is 1.24. The van der Waals surface area contributed by atoms with Crippen LogP contribution in [0.5, 0.6) is 11.5 Å². The Morgan fingerprint density at radius 1 is 1.11 bits per heavy atom. The van der Waals surface area contributed by atoms with Gasteiger partial charge in [0.15, 0.2) is 11.5 Å². The molecule has 3 heteroatoms. The van der Waals surface area contributed by atoms with Crippen LogP contribution in [-0.2, 0) is 6.42 Å². The van der Waals surface area contributed by atoms with E-state index in [0.717, 1.165) is 37.4 Å². The molecular weight excluding hydrogens is 226 g/mol. The largest absolute Gasteiger partial charge is 0.493 e. The van der Waals surface area contributed by atoms with E-state index in [1.807, 2.05) is 19.1 Å². The molecule has 0 heterocycles. The van der Waals surface area contributed by atoms with Crippen LogP contribution in [-0.4, -0.2) is 27.3 Å². The lowest BCUT2D eigenvalue weighted by molar-refractivity contribution is 0.354. The van der Waals surface area contributed by atoms with E-state index in [4.69, 9.17) is 9.47 Å². The lowest BCUT2D eigenvalue weighted by Crippen LogP contribution is -2.18. The Balaban J connectivity index is 2.39. The highest BCUT2D eigenvalue weighted by molar-refractivity contribution is 5.42. The Labute approximate surface area is 109 Å². The number of benzene rings is 1. The average Bonchev–Trinajstić information content (AvgIpc) is 2.42. The predicted octanol–water partition coefficient (Wildman–Crippen LogP) is 2.25. The van der Waals surface area contributed by atoms with E-state index in [-0.39, 0.29) is 0 Å². The van der Waals surface area contributed by atoms with Gasteiger partial charge < -0.3 is 14.8 Å². The van der Waals surface area contributed by atoms with Crippen molar-refractivity contribution >= 4 is 0 Å². The van der Waals surface area contributed by atoms with Gasteiger partial charge in [0.05, 0.1) is 14.2 Å². The molecule has 0 saturated carbocycles. The first-order valence-corrected chi connectivity index (χ1v) is 6.13. The molecule has 1 N–H and O–H groups in total. The van der Waals surface area contributed by atoms with Crippen LogP contribution in [0.2, 0.25) is 0 Å². The van der Waals surface area contributed by atoms with Crippen molar-refractivity contribution in [3.05, 3.63) is 23.8 Å². The Hall–Kier alpha value is -1.66. The normalized spacial score (nSPS) is 9.50. The summed E-state index contributed by atoms with van der Waals surface area (Å²) in [6.45, 7) is 3.75. The van der Waals surface area contributed by atoms with E-state index in [2.05, 4.69) is 23.2 Å². The molecule has 0 aliphatic rings. The van der Waals surface area contributed by atoms with Crippen molar-refractivity contribution in [2.45, 2.75) is 19.8 Å². The maximum absolute atomic E-state index is 5.27.